The molecule has 1 heterocycles. The molecule has 1 fully saturated rings. The van der Waals surface area contributed by atoms with Crippen LogP contribution in [-0.2, 0) is 9.59 Å². The summed E-state index contributed by atoms with van der Waals surface area (Å²) in [5.74, 6) is -1.57. The Balaban J connectivity index is 1.92. The van der Waals surface area contributed by atoms with E-state index in [4.69, 9.17) is 16.3 Å². The van der Waals surface area contributed by atoms with Gasteiger partial charge in [0.15, 0.2) is 0 Å². The summed E-state index contributed by atoms with van der Waals surface area (Å²) in [6.45, 7) is 3.56. The quantitative estimate of drug-likeness (QED) is 0.744. The van der Waals surface area contributed by atoms with Gasteiger partial charge in [-0.3, -0.25) is 9.59 Å². The van der Waals surface area contributed by atoms with Crippen LogP contribution in [0, 0.1) is 13.8 Å². The van der Waals surface area contributed by atoms with Gasteiger partial charge in [-0.2, -0.15) is 0 Å². The zero-order valence-corrected chi connectivity index (χ0v) is 16.3. The number of aromatic carboxylic acids is 1. The number of carbonyl (C=O) groups is 3. The number of aryl methyl sites for hydroxylation is 2. The maximum absolute atomic E-state index is 13.0. The summed E-state index contributed by atoms with van der Waals surface area (Å²) >= 11 is 6.11. The Morgan fingerprint density at radius 3 is 2.57 bits per heavy atom. The molecule has 1 aliphatic rings. The number of ether oxygens (including phenoxy) is 1. The van der Waals surface area contributed by atoms with Crippen LogP contribution < -0.4 is 15.0 Å². The Morgan fingerprint density at radius 2 is 1.93 bits per heavy atom. The van der Waals surface area contributed by atoms with Gasteiger partial charge in [0.05, 0.1) is 24.8 Å². The maximum Gasteiger partial charge on any atom is 0.335 e. The van der Waals surface area contributed by atoms with E-state index in [0.29, 0.717) is 27.7 Å². The van der Waals surface area contributed by atoms with E-state index in [2.05, 4.69) is 5.32 Å². The predicted octanol–water partition coefficient (Wildman–Crippen LogP) is 3.41. The van der Waals surface area contributed by atoms with Crippen LogP contribution in [0.4, 0.5) is 11.4 Å². The van der Waals surface area contributed by atoms with E-state index in [-0.39, 0.29) is 17.9 Å². The van der Waals surface area contributed by atoms with Crippen LogP contribution in [0.1, 0.15) is 27.9 Å². The second kappa shape index (κ2) is 7.52. The highest BCUT2D eigenvalue weighted by Gasteiger charge is 2.41. The number of nitrogens with one attached hydrogen (secondary N) is 1. The first-order valence-corrected chi connectivity index (χ1v) is 8.92. The van der Waals surface area contributed by atoms with Crippen LogP contribution in [0.2, 0.25) is 5.02 Å². The van der Waals surface area contributed by atoms with Crippen LogP contribution in [0.15, 0.2) is 30.3 Å². The van der Waals surface area contributed by atoms with Gasteiger partial charge in [0.2, 0.25) is 5.91 Å². The molecule has 1 atom stereocenters. The fourth-order valence-electron chi connectivity index (χ4n) is 3.08. The lowest BCUT2D eigenvalue weighted by molar-refractivity contribution is -0.121. The van der Waals surface area contributed by atoms with E-state index in [9.17, 15) is 19.5 Å². The molecule has 0 unspecified atom stereocenters. The third kappa shape index (κ3) is 3.53. The molecule has 2 aromatic carbocycles. The fraction of sp³-hybridized carbons (Fsp3) is 0.250. The molecule has 3 rings (SSSR count). The topological polar surface area (TPSA) is 95.9 Å². The molecular weight excluding hydrogens is 384 g/mol. The zero-order chi connectivity index (χ0) is 20.6. The number of imide groups is 1. The minimum atomic E-state index is -1.07. The smallest absolute Gasteiger partial charge is 0.335 e. The standard InChI is InChI=1S/C20H19ClN2O5/c1-10-4-5-12(20(26)27)7-14(10)22-15-9-18(24)23(19(15)25)16-6-11(2)13(21)8-17(16)28-3/h4-8,15,22H,9H2,1-3H3,(H,26,27)/t15-/m0/s1. The first kappa shape index (κ1) is 19.7. The fourth-order valence-corrected chi connectivity index (χ4v) is 3.24. The van der Waals surface area contributed by atoms with E-state index in [1.165, 1.54) is 19.2 Å². The zero-order valence-electron chi connectivity index (χ0n) is 15.6. The summed E-state index contributed by atoms with van der Waals surface area (Å²) in [4.78, 5) is 37.8. The lowest BCUT2D eigenvalue weighted by Gasteiger charge is -2.20. The number of rotatable bonds is 5. The number of carboxylic acids is 1. The molecule has 0 saturated carbocycles. The van der Waals surface area contributed by atoms with Gasteiger partial charge in [-0.1, -0.05) is 17.7 Å². The van der Waals surface area contributed by atoms with E-state index >= 15 is 0 Å². The van der Waals surface area contributed by atoms with Crippen molar-refractivity contribution in [3.8, 4) is 5.75 Å². The van der Waals surface area contributed by atoms with Crippen molar-refractivity contribution in [2.75, 3.05) is 17.3 Å². The Labute approximate surface area is 166 Å². The Kier molecular flexibility index (Phi) is 5.29. The lowest BCUT2D eigenvalue weighted by Crippen LogP contribution is -2.35. The molecule has 0 bridgehead atoms. The monoisotopic (exact) mass is 402 g/mol. The highest BCUT2D eigenvalue weighted by Crippen LogP contribution is 2.37. The molecule has 0 radical (unpaired) electrons. The van der Waals surface area contributed by atoms with Gasteiger partial charge < -0.3 is 15.2 Å². The summed E-state index contributed by atoms with van der Waals surface area (Å²) in [5.41, 5.74) is 2.40. The lowest BCUT2D eigenvalue weighted by atomic mass is 10.1. The van der Waals surface area contributed by atoms with Gasteiger partial charge in [-0.15, -0.1) is 0 Å². The van der Waals surface area contributed by atoms with Crippen molar-refractivity contribution in [3.63, 3.8) is 0 Å². The number of nitrogens with zero attached hydrogens (tertiary/aromatic N) is 1. The molecule has 146 valence electrons. The molecular formula is C20H19ClN2O5. The van der Waals surface area contributed by atoms with Crippen molar-refractivity contribution in [1.29, 1.82) is 0 Å². The first-order valence-electron chi connectivity index (χ1n) is 8.54. The Bertz CT molecular complexity index is 989. The van der Waals surface area contributed by atoms with Crippen molar-refractivity contribution in [2.24, 2.45) is 0 Å². The molecule has 0 spiro atoms. The van der Waals surface area contributed by atoms with Crippen molar-refractivity contribution in [1.82, 2.24) is 0 Å². The molecule has 0 aromatic heterocycles. The van der Waals surface area contributed by atoms with Gasteiger partial charge in [0, 0.05) is 16.8 Å². The molecule has 1 aliphatic heterocycles. The number of halogens is 1. The summed E-state index contributed by atoms with van der Waals surface area (Å²) in [6.07, 6.45) is -0.0552. The SMILES string of the molecule is COc1cc(Cl)c(C)cc1N1C(=O)C[C@H](Nc2cc(C(=O)O)ccc2C)C1=O. The van der Waals surface area contributed by atoms with E-state index < -0.39 is 17.9 Å². The number of methoxy groups -OCH3 is 1. The number of amides is 2. The van der Waals surface area contributed by atoms with Crippen molar-refractivity contribution in [2.45, 2.75) is 26.3 Å². The molecule has 8 heteroatoms. The molecule has 28 heavy (non-hydrogen) atoms. The van der Waals surface area contributed by atoms with E-state index in [1.54, 1.807) is 32.0 Å². The molecule has 0 aliphatic carbocycles. The number of carbonyl (C=O) groups excluding carboxylic acids is 2. The molecule has 2 amide bonds. The summed E-state index contributed by atoms with van der Waals surface area (Å²) < 4.78 is 5.29. The Morgan fingerprint density at radius 1 is 1.21 bits per heavy atom. The largest absolute Gasteiger partial charge is 0.495 e. The van der Waals surface area contributed by atoms with Gasteiger partial charge >= 0.3 is 5.97 Å². The van der Waals surface area contributed by atoms with Crippen LogP contribution in [0.5, 0.6) is 5.75 Å². The number of hydrogen-bond donors (Lipinski definition) is 2. The van der Waals surface area contributed by atoms with Crippen LogP contribution in [0.3, 0.4) is 0 Å². The highest BCUT2D eigenvalue weighted by atomic mass is 35.5. The van der Waals surface area contributed by atoms with Crippen molar-refractivity contribution in [3.05, 3.63) is 52.0 Å². The number of anilines is 2. The second-order valence-corrected chi connectivity index (χ2v) is 6.98. The van der Waals surface area contributed by atoms with Crippen molar-refractivity contribution >= 4 is 40.8 Å². The Hall–Kier alpha value is -3.06. The molecule has 2 N–H and O–H groups in total. The summed E-state index contributed by atoms with van der Waals surface area (Å²) in [5, 5.41) is 12.6. The number of hydrogen-bond acceptors (Lipinski definition) is 5. The number of carboxylic acid groups (broad SMARTS) is 1. The second-order valence-electron chi connectivity index (χ2n) is 6.58. The van der Waals surface area contributed by atoms with Crippen LogP contribution in [-0.4, -0.2) is 36.0 Å². The van der Waals surface area contributed by atoms with Gasteiger partial charge in [-0.05, 0) is 43.2 Å². The first-order chi connectivity index (χ1) is 13.2. The van der Waals surface area contributed by atoms with Crippen LogP contribution >= 0.6 is 11.6 Å². The maximum atomic E-state index is 13.0. The summed E-state index contributed by atoms with van der Waals surface area (Å²) in [6, 6.07) is 6.97. The summed E-state index contributed by atoms with van der Waals surface area (Å²) in [7, 11) is 1.44. The number of benzene rings is 2. The van der Waals surface area contributed by atoms with E-state index in [1.807, 2.05) is 0 Å². The molecule has 7 nitrogen and oxygen atoms in total. The average Bonchev–Trinajstić information content (AvgIpc) is 2.92. The highest BCUT2D eigenvalue weighted by molar-refractivity contribution is 6.32. The molecule has 1 saturated heterocycles. The van der Waals surface area contributed by atoms with Gasteiger partial charge in [-0.25, -0.2) is 9.69 Å². The predicted molar refractivity (Wildman–Crippen MR) is 105 cm³/mol. The third-order valence-electron chi connectivity index (χ3n) is 4.66. The minimum Gasteiger partial charge on any atom is -0.495 e. The van der Waals surface area contributed by atoms with Gasteiger partial charge in [0.1, 0.15) is 11.8 Å². The minimum absolute atomic E-state index is 0.0552. The van der Waals surface area contributed by atoms with E-state index in [0.717, 1.165) is 10.5 Å². The normalized spacial score (nSPS) is 16.4. The van der Waals surface area contributed by atoms with Crippen LogP contribution in [0.25, 0.3) is 0 Å². The van der Waals surface area contributed by atoms with Crippen molar-refractivity contribution < 1.29 is 24.2 Å². The third-order valence-corrected chi connectivity index (χ3v) is 5.07. The average molecular weight is 403 g/mol. The van der Waals surface area contributed by atoms with Gasteiger partial charge in [0.25, 0.3) is 5.91 Å². The molecule has 2 aromatic rings.